The van der Waals surface area contributed by atoms with Crippen molar-refractivity contribution < 1.29 is 23.5 Å². The molecule has 3 rings (SSSR count). The molecule has 0 aliphatic heterocycles. The Morgan fingerprint density at radius 3 is 2.02 bits per heavy atom. The van der Waals surface area contributed by atoms with E-state index >= 15 is 0 Å². The van der Waals surface area contributed by atoms with Crippen LogP contribution in [-0.2, 0) is 18.4 Å². The molecule has 41 heavy (non-hydrogen) atoms. The van der Waals surface area contributed by atoms with Crippen LogP contribution in [0.4, 0.5) is 0 Å². The highest BCUT2D eigenvalue weighted by Gasteiger charge is 2.51. The lowest BCUT2D eigenvalue weighted by Crippen LogP contribution is -2.66. The van der Waals surface area contributed by atoms with Crippen LogP contribution in [0.15, 0.2) is 84.0 Å². The highest BCUT2D eigenvalue weighted by molar-refractivity contribution is 6.99. The zero-order valence-electron chi connectivity index (χ0n) is 26.3. The van der Waals surface area contributed by atoms with Crippen molar-refractivity contribution in [3.8, 4) is 0 Å². The van der Waals surface area contributed by atoms with Gasteiger partial charge in [-0.15, -0.1) is 0 Å². The van der Waals surface area contributed by atoms with Crippen molar-refractivity contribution in [2.45, 2.75) is 77.5 Å². The molecule has 1 N–H and O–H groups in total. The molecule has 0 heterocycles. The molecule has 0 unspecified atom stereocenters. The highest BCUT2D eigenvalue weighted by atomic mass is 28.4. The molecule has 3 atom stereocenters. The monoisotopic (exact) mass is 592 g/mol. The average molecular weight is 593 g/mol. The molecule has 0 saturated heterocycles. The molecule has 1 aliphatic rings. The lowest BCUT2D eigenvalue weighted by molar-refractivity contribution is -0.167. The van der Waals surface area contributed by atoms with E-state index in [9.17, 15) is 9.90 Å². The van der Waals surface area contributed by atoms with Crippen molar-refractivity contribution in [3.05, 3.63) is 84.0 Å². The van der Waals surface area contributed by atoms with Crippen LogP contribution in [-0.4, -0.2) is 55.1 Å². The smallest absolute Gasteiger partial charge is 0.338 e. The summed E-state index contributed by atoms with van der Waals surface area (Å²) in [6.07, 6.45) is 4.24. The maximum Gasteiger partial charge on any atom is 0.338 e. The van der Waals surface area contributed by atoms with Crippen molar-refractivity contribution in [2.24, 2.45) is 11.8 Å². The van der Waals surface area contributed by atoms with Gasteiger partial charge in [0.2, 0.25) is 9.76 Å². The van der Waals surface area contributed by atoms with Crippen LogP contribution in [0.25, 0.3) is 0 Å². The highest BCUT2D eigenvalue weighted by Crippen LogP contribution is 2.41. The number of benzene rings is 2. The van der Waals surface area contributed by atoms with Gasteiger partial charge < -0.3 is 18.7 Å². The summed E-state index contributed by atoms with van der Waals surface area (Å²) in [5.41, 5.74) is 0.396. The molecule has 222 valence electrons. The van der Waals surface area contributed by atoms with E-state index < -0.39 is 25.8 Å². The van der Waals surface area contributed by atoms with E-state index in [2.05, 4.69) is 97.0 Å². The van der Waals surface area contributed by atoms with E-state index in [-0.39, 0.29) is 22.4 Å². The number of carbonyl (C=O) groups excluding carboxylic acids is 1. The predicted octanol–water partition coefficient (Wildman–Crippen LogP) is 5.85. The van der Waals surface area contributed by atoms with Gasteiger partial charge in [0, 0.05) is 5.92 Å². The van der Waals surface area contributed by atoms with Gasteiger partial charge in [-0.05, 0) is 45.3 Å². The molecule has 0 fully saturated rings. The fourth-order valence-corrected chi connectivity index (χ4v) is 11.0. The third kappa shape index (κ3) is 7.76. The fourth-order valence-electron chi connectivity index (χ4n) is 5.71. The van der Waals surface area contributed by atoms with Crippen molar-refractivity contribution in [3.63, 3.8) is 0 Å². The molecule has 0 amide bonds. The van der Waals surface area contributed by atoms with Gasteiger partial charge in [-0.25, -0.2) is 4.79 Å². The van der Waals surface area contributed by atoms with Gasteiger partial charge in [-0.3, -0.25) is 0 Å². The first-order valence-corrected chi connectivity index (χ1v) is 17.3. The lowest BCUT2D eigenvalue weighted by atomic mass is 9.72. The maximum atomic E-state index is 12.9. The Morgan fingerprint density at radius 1 is 1.02 bits per heavy atom. The van der Waals surface area contributed by atoms with Crippen molar-refractivity contribution in [1.82, 2.24) is 0 Å². The molecule has 7 heteroatoms. The Morgan fingerprint density at radius 2 is 1.56 bits per heavy atom. The third-order valence-corrected chi connectivity index (χ3v) is 13.6. The Kier molecular flexibility index (Phi) is 10.8. The summed E-state index contributed by atoms with van der Waals surface area (Å²) < 4.78 is 18.3. The second-order valence-corrected chi connectivity index (χ2v) is 19.7. The summed E-state index contributed by atoms with van der Waals surface area (Å²) in [6.45, 7) is 18.1. The molecule has 0 spiro atoms. The fraction of sp³-hybridized carbons (Fsp3) is 0.500. The van der Waals surface area contributed by atoms with Crippen molar-refractivity contribution in [1.29, 1.82) is 0 Å². The predicted molar refractivity (Wildman–Crippen MR) is 171 cm³/mol. The van der Waals surface area contributed by atoms with Gasteiger partial charge >= 0.3 is 5.97 Å². The minimum absolute atomic E-state index is 0.0686. The van der Waals surface area contributed by atoms with E-state index in [1.165, 1.54) is 17.5 Å². The SMILES string of the molecule is COC(=O)[C@]1(O)C[C@@H](C)C(CO[Si](c2ccccc2)(c2ccccc2)C(C)(C)C)=C[C@H]1/C=C(\C)CO[Si]C(C)(C)C. The number of hydrogen-bond donors (Lipinski definition) is 1. The number of ether oxygens (including phenoxy) is 1. The van der Waals surface area contributed by atoms with Crippen molar-refractivity contribution >= 4 is 34.4 Å². The van der Waals surface area contributed by atoms with Crippen LogP contribution in [0.5, 0.6) is 0 Å². The first-order valence-electron chi connectivity index (χ1n) is 14.5. The van der Waals surface area contributed by atoms with Crippen LogP contribution in [0.3, 0.4) is 0 Å². The quantitative estimate of drug-likeness (QED) is 0.213. The molecule has 1 aliphatic carbocycles. The molecule has 0 saturated carbocycles. The summed E-state index contributed by atoms with van der Waals surface area (Å²) in [5.74, 6) is -1.23. The first-order chi connectivity index (χ1) is 19.1. The summed E-state index contributed by atoms with van der Waals surface area (Å²) in [6, 6.07) is 21.2. The van der Waals surface area contributed by atoms with Gasteiger partial charge in [0.05, 0.1) is 20.3 Å². The Hall–Kier alpha value is -2.30. The summed E-state index contributed by atoms with van der Waals surface area (Å²) in [7, 11) is -1.06. The van der Waals surface area contributed by atoms with E-state index in [1.807, 2.05) is 31.2 Å². The Balaban J connectivity index is 2.02. The van der Waals surface area contributed by atoms with Gasteiger partial charge in [-0.2, -0.15) is 0 Å². The van der Waals surface area contributed by atoms with Crippen LogP contribution in [0.2, 0.25) is 10.1 Å². The normalized spacial score (nSPS) is 22.3. The molecular formula is C34H48O5Si2. The number of rotatable bonds is 10. The minimum Gasteiger partial charge on any atom is -0.467 e. The second-order valence-electron chi connectivity index (χ2n) is 13.4. The molecule has 2 radical (unpaired) electrons. The Labute approximate surface area is 251 Å². The average Bonchev–Trinajstić information content (AvgIpc) is 2.90. The van der Waals surface area contributed by atoms with Crippen LogP contribution >= 0.6 is 0 Å². The van der Waals surface area contributed by atoms with E-state index in [4.69, 9.17) is 13.6 Å². The minimum atomic E-state index is -2.75. The van der Waals surface area contributed by atoms with Gasteiger partial charge in [0.25, 0.3) is 8.32 Å². The number of esters is 1. The third-order valence-electron chi connectivity index (χ3n) is 7.75. The first kappa shape index (κ1) is 33.2. The van der Waals surface area contributed by atoms with Crippen LogP contribution < -0.4 is 10.4 Å². The van der Waals surface area contributed by atoms with Gasteiger partial charge in [0.1, 0.15) is 0 Å². The standard InChI is InChI=1S/C34H48O5Si2/c1-25(23-38-40-32(3,4)5)20-28-21-27(26(2)22-34(28,36)31(35)37-9)24-39-41(33(6,7)8,29-16-12-10-13-17-29)30-18-14-11-15-19-30/h10-21,26,28,36H,22-24H2,1-9H3/b25-20+/t26-,28-,34+/m1/s1. The van der Waals surface area contributed by atoms with Gasteiger partial charge in [-0.1, -0.05) is 127 Å². The van der Waals surface area contributed by atoms with E-state index in [0.29, 0.717) is 23.0 Å². The van der Waals surface area contributed by atoms with E-state index in [1.54, 1.807) is 0 Å². The second kappa shape index (κ2) is 13.3. The largest absolute Gasteiger partial charge is 0.467 e. The molecule has 0 aromatic heterocycles. The van der Waals surface area contributed by atoms with Gasteiger partial charge in [0.15, 0.2) is 5.60 Å². The van der Waals surface area contributed by atoms with Crippen LogP contribution in [0, 0.1) is 11.8 Å². The number of methoxy groups -OCH3 is 1. The Bertz CT molecular complexity index is 1170. The number of carbonyl (C=O) groups is 1. The van der Waals surface area contributed by atoms with E-state index in [0.717, 1.165) is 11.1 Å². The molecule has 2 aromatic rings. The summed E-state index contributed by atoms with van der Waals surface area (Å²) >= 11 is 0. The molecule has 5 nitrogen and oxygen atoms in total. The summed E-state index contributed by atoms with van der Waals surface area (Å²) in [5, 5.41) is 14.0. The molecular weight excluding hydrogens is 545 g/mol. The maximum absolute atomic E-state index is 12.9. The van der Waals surface area contributed by atoms with Crippen LogP contribution in [0.1, 0.15) is 61.8 Å². The zero-order valence-corrected chi connectivity index (χ0v) is 28.3. The molecule has 0 bridgehead atoms. The van der Waals surface area contributed by atoms with Crippen molar-refractivity contribution in [2.75, 3.05) is 20.3 Å². The lowest BCUT2D eigenvalue weighted by Gasteiger charge is -2.44. The summed E-state index contributed by atoms with van der Waals surface area (Å²) in [4.78, 5) is 12.9. The molecule has 2 aromatic carbocycles. The number of hydrogen-bond acceptors (Lipinski definition) is 5. The zero-order chi connectivity index (χ0) is 30.5. The number of aliphatic hydroxyl groups is 1. The topological polar surface area (TPSA) is 65.0 Å².